The highest BCUT2D eigenvalue weighted by molar-refractivity contribution is 6.35. The number of rotatable bonds is 7. The molecule has 28 heavy (non-hydrogen) atoms. The number of pyridine rings is 1. The molecule has 0 unspecified atom stereocenters. The van der Waals surface area contributed by atoms with Gasteiger partial charge in [-0.2, -0.15) is 0 Å². The quantitative estimate of drug-likeness (QED) is 0.434. The van der Waals surface area contributed by atoms with E-state index in [0.717, 1.165) is 10.5 Å². The van der Waals surface area contributed by atoms with Gasteiger partial charge in [0.05, 0.1) is 23.6 Å². The van der Waals surface area contributed by atoms with Crippen molar-refractivity contribution in [3.63, 3.8) is 0 Å². The van der Waals surface area contributed by atoms with Crippen molar-refractivity contribution in [2.24, 2.45) is 0 Å². The number of non-ortho nitro benzene ring substituents is 1. The number of nitrogens with zero attached hydrogens (tertiary/aromatic N) is 4. The van der Waals surface area contributed by atoms with Crippen LogP contribution in [0.2, 0.25) is 0 Å². The molecule has 0 spiro atoms. The zero-order chi connectivity index (χ0) is 20.3. The van der Waals surface area contributed by atoms with Crippen molar-refractivity contribution in [1.82, 2.24) is 14.8 Å². The lowest BCUT2D eigenvalue weighted by Gasteiger charge is -2.20. The Labute approximate surface area is 160 Å². The lowest BCUT2D eigenvalue weighted by molar-refractivity contribution is -0.384. The molecule has 1 aliphatic heterocycles. The summed E-state index contributed by atoms with van der Waals surface area (Å²) in [5.74, 6) is -0.971. The summed E-state index contributed by atoms with van der Waals surface area (Å²) < 4.78 is 0. The summed E-state index contributed by atoms with van der Waals surface area (Å²) in [6.07, 6.45) is 3.15. The summed E-state index contributed by atoms with van der Waals surface area (Å²) in [5, 5.41) is 20.1. The molecule has 9 nitrogen and oxygen atoms in total. The Hall–Kier alpha value is -3.59. The van der Waals surface area contributed by atoms with E-state index >= 15 is 0 Å². The highest BCUT2D eigenvalue weighted by atomic mass is 16.6. The molecule has 0 radical (unpaired) electrons. The van der Waals surface area contributed by atoms with Crippen LogP contribution in [-0.2, 0) is 16.1 Å². The van der Waals surface area contributed by atoms with E-state index < -0.39 is 16.7 Å². The molecule has 1 aromatic carbocycles. The summed E-state index contributed by atoms with van der Waals surface area (Å²) in [4.78, 5) is 43.0. The van der Waals surface area contributed by atoms with Crippen LogP contribution in [0.15, 0.2) is 54.5 Å². The molecule has 1 aromatic heterocycles. The molecule has 2 aromatic rings. The molecular formula is C19H18N4O5. The van der Waals surface area contributed by atoms with E-state index in [1.54, 1.807) is 31.6 Å². The van der Waals surface area contributed by atoms with Gasteiger partial charge in [0, 0.05) is 38.1 Å². The van der Waals surface area contributed by atoms with Gasteiger partial charge in [-0.05, 0) is 35.4 Å². The van der Waals surface area contributed by atoms with Crippen molar-refractivity contribution < 1.29 is 19.6 Å². The molecular weight excluding hydrogens is 364 g/mol. The van der Waals surface area contributed by atoms with Crippen molar-refractivity contribution in [2.45, 2.75) is 6.54 Å². The zero-order valence-electron chi connectivity index (χ0n) is 15.1. The first-order valence-electron chi connectivity index (χ1n) is 8.50. The van der Waals surface area contributed by atoms with Crippen LogP contribution in [0, 0.1) is 10.1 Å². The number of benzene rings is 1. The topological polar surface area (TPSA) is 117 Å². The second-order valence-electron chi connectivity index (χ2n) is 6.22. The normalized spacial score (nSPS) is 14.0. The molecule has 2 heterocycles. The smallest absolute Gasteiger partial charge is 0.278 e. The minimum Gasteiger partial charge on any atom is -0.395 e. The standard InChI is InChI=1S/C19H18N4O5/c1-21(10-11-24)17-16(14-2-4-15(5-3-14)23(27)28)18(25)22(19(17)26)12-13-6-8-20-9-7-13/h2-9,24H,10-12H2,1H3. The minimum absolute atomic E-state index is 0.0765. The largest absolute Gasteiger partial charge is 0.395 e. The third-order valence-corrected chi connectivity index (χ3v) is 4.42. The van der Waals surface area contributed by atoms with E-state index in [-0.39, 0.29) is 36.7 Å². The SMILES string of the molecule is CN(CCO)C1=C(c2ccc([N+](=O)[O-])cc2)C(=O)N(Cc2ccncc2)C1=O. The number of aliphatic hydroxyl groups is 1. The zero-order valence-corrected chi connectivity index (χ0v) is 15.1. The van der Waals surface area contributed by atoms with Gasteiger partial charge in [-0.1, -0.05) is 0 Å². The second kappa shape index (κ2) is 7.97. The summed E-state index contributed by atoms with van der Waals surface area (Å²) in [5.41, 5.74) is 1.35. The number of likely N-dealkylation sites (N-methyl/N-ethyl adjacent to an activating group) is 1. The first-order valence-corrected chi connectivity index (χ1v) is 8.50. The lowest BCUT2D eigenvalue weighted by Crippen LogP contribution is -2.34. The van der Waals surface area contributed by atoms with Crippen LogP contribution in [0.1, 0.15) is 11.1 Å². The average Bonchev–Trinajstić information content (AvgIpc) is 2.94. The molecule has 0 saturated carbocycles. The fourth-order valence-corrected chi connectivity index (χ4v) is 3.00. The third kappa shape index (κ3) is 3.60. The number of carbonyl (C=O) groups is 2. The van der Waals surface area contributed by atoms with Crippen LogP contribution in [0.3, 0.4) is 0 Å². The number of carbonyl (C=O) groups excluding carboxylic acids is 2. The Morgan fingerprint density at radius 1 is 1.11 bits per heavy atom. The van der Waals surface area contributed by atoms with Gasteiger partial charge in [0.25, 0.3) is 17.5 Å². The van der Waals surface area contributed by atoms with E-state index in [9.17, 15) is 24.8 Å². The molecule has 0 bridgehead atoms. The van der Waals surface area contributed by atoms with Crippen molar-refractivity contribution in [3.8, 4) is 0 Å². The van der Waals surface area contributed by atoms with E-state index in [4.69, 9.17) is 0 Å². The Morgan fingerprint density at radius 2 is 1.75 bits per heavy atom. The molecule has 0 atom stereocenters. The summed E-state index contributed by atoms with van der Waals surface area (Å²) in [6.45, 7) is 0.0421. The number of amides is 2. The molecule has 9 heteroatoms. The Kier molecular flexibility index (Phi) is 5.46. The van der Waals surface area contributed by atoms with Gasteiger partial charge in [0.1, 0.15) is 5.70 Å². The number of imide groups is 1. The highest BCUT2D eigenvalue weighted by Crippen LogP contribution is 2.32. The minimum atomic E-state index is -0.533. The molecule has 3 rings (SSSR count). The fourth-order valence-electron chi connectivity index (χ4n) is 3.00. The summed E-state index contributed by atoms with van der Waals surface area (Å²) >= 11 is 0. The molecule has 1 N–H and O–H groups in total. The van der Waals surface area contributed by atoms with Crippen LogP contribution in [0.4, 0.5) is 5.69 Å². The molecule has 2 amide bonds. The first kappa shape index (κ1) is 19.2. The maximum Gasteiger partial charge on any atom is 0.278 e. The first-order chi connectivity index (χ1) is 13.4. The monoisotopic (exact) mass is 382 g/mol. The predicted molar refractivity (Wildman–Crippen MR) is 99.5 cm³/mol. The second-order valence-corrected chi connectivity index (χ2v) is 6.22. The van der Waals surface area contributed by atoms with Gasteiger partial charge in [-0.15, -0.1) is 0 Å². The highest BCUT2D eigenvalue weighted by Gasteiger charge is 2.40. The summed E-state index contributed by atoms with van der Waals surface area (Å²) in [6, 6.07) is 8.89. The van der Waals surface area contributed by atoms with Crippen molar-refractivity contribution >= 4 is 23.1 Å². The Balaban J connectivity index is 2.02. The van der Waals surface area contributed by atoms with E-state index in [0.29, 0.717) is 5.56 Å². The number of hydrogen-bond donors (Lipinski definition) is 1. The van der Waals surface area contributed by atoms with E-state index in [1.165, 1.54) is 29.2 Å². The predicted octanol–water partition coefficient (Wildman–Crippen LogP) is 1.19. The molecule has 1 aliphatic rings. The molecule has 0 fully saturated rings. The van der Waals surface area contributed by atoms with Crippen molar-refractivity contribution in [3.05, 3.63) is 75.7 Å². The summed E-state index contributed by atoms with van der Waals surface area (Å²) in [7, 11) is 1.61. The Bertz CT molecular complexity index is 941. The lowest BCUT2D eigenvalue weighted by atomic mass is 10.0. The van der Waals surface area contributed by atoms with Gasteiger partial charge in [0.2, 0.25) is 0 Å². The maximum atomic E-state index is 13.1. The van der Waals surface area contributed by atoms with Crippen molar-refractivity contribution in [1.29, 1.82) is 0 Å². The van der Waals surface area contributed by atoms with E-state index in [1.807, 2.05) is 0 Å². The van der Waals surface area contributed by atoms with Crippen LogP contribution in [0.25, 0.3) is 5.57 Å². The molecule has 0 saturated heterocycles. The van der Waals surface area contributed by atoms with Gasteiger partial charge in [0.15, 0.2) is 0 Å². The molecule has 144 valence electrons. The average molecular weight is 382 g/mol. The number of nitro groups is 1. The van der Waals surface area contributed by atoms with Crippen LogP contribution in [0.5, 0.6) is 0 Å². The Morgan fingerprint density at radius 3 is 2.32 bits per heavy atom. The number of nitro benzene ring substituents is 1. The molecule has 0 aliphatic carbocycles. The van der Waals surface area contributed by atoms with Crippen LogP contribution in [-0.4, -0.2) is 56.8 Å². The number of aliphatic hydroxyl groups excluding tert-OH is 1. The van der Waals surface area contributed by atoms with Crippen LogP contribution < -0.4 is 0 Å². The van der Waals surface area contributed by atoms with Gasteiger partial charge in [-0.3, -0.25) is 29.6 Å². The maximum absolute atomic E-state index is 13.1. The third-order valence-electron chi connectivity index (χ3n) is 4.42. The van der Waals surface area contributed by atoms with E-state index in [2.05, 4.69) is 4.98 Å². The fraction of sp³-hybridized carbons (Fsp3) is 0.211. The van der Waals surface area contributed by atoms with Gasteiger partial charge in [-0.25, -0.2) is 0 Å². The van der Waals surface area contributed by atoms with Gasteiger partial charge < -0.3 is 10.0 Å². The van der Waals surface area contributed by atoms with Gasteiger partial charge >= 0.3 is 0 Å². The van der Waals surface area contributed by atoms with Crippen LogP contribution >= 0.6 is 0 Å². The van der Waals surface area contributed by atoms with Crippen molar-refractivity contribution in [2.75, 3.05) is 20.2 Å². The number of hydrogen-bond acceptors (Lipinski definition) is 7. The number of aromatic nitrogens is 1.